The van der Waals surface area contributed by atoms with Gasteiger partial charge >= 0.3 is 0 Å². The van der Waals surface area contributed by atoms with Gasteiger partial charge in [-0.15, -0.1) is 5.10 Å². The van der Waals surface area contributed by atoms with E-state index in [1.54, 1.807) is 5.38 Å². The van der Waals surface area contributed by atoms with Crippen LogP contribution in [0.2, 0.25) is 0 Å². The SMILES string of the molecule is O=C(NCc1ccccc1)c1csnn1. The lowest BCUT2D eigenvalue weighted by Gasteiger charge is -2.02. The normalized spacial score (nSPS) is 9.87. The van der Waals surface area contributed by atoms with Crippen LogP contribution in [0.15, 0.2) is 35.7 Å². The standard InChI is InChI=1S/C10H9N3OS/c14-10(9-7-15-13-12-9)11-6-8-4-2-1-3-5-8/h1-5,7H,6H2,(H,11,14). The van der Waals surface area contributed by atoms with E-state index >= 15 is 0 Å². The number of benzene rings is 1. The topological polar surface area (TPSA) is 54.9 Å². The average Bonchev–Trinajstić information content (AvgIpc) is 2.81. The Labute approximate surface area is 91.1 Å². The molecule has 1 heterocycles. The van der Waals surface area contributed by atoms with Crippen LogP contribution in [0.1, 0.15) is 16.1 Å². The Hall–Kier alpha value is -1.75. The summed E-state index contributed by atoms with van der Waals surface area (Å²) in [5.41, 5.74) is 1.44. The number of rotatable bonds is 3. The van der Waals surface area contributed by atoms with Gasteiger partial charge < -0.3 is 5.32 Å². The molecular weight excluding hydrogens is 210 g/mol. The molecule has 1 N–H and O–H groups in total. The molecule has 0 bridgehead atoms. The van der Waals surface area contributed by atoms with Crippen LogP contribution in [0.5, 0.6) is 0 Å². The van der Waals surface area contributed by atoms with Crippen molar-refractivity contribution in [3.8, 4) is 0 Å². The van der Waals surface area contributed by atoms with Gasteiger partial charge in [-0.2, -0.15) is 0 Å². The van der Waals surface area contributed by atoms with Crippen LogP contribution in [0.3, 0.4) is 0 Å². The molecule has 1 aromatic carbocycles. The third-order valence-corrected chi connectivity index (χ3v) is 2.39. The first kappa shape index (κ1) is 9.79. The maximum Gasteiger partial charge on any atom is 0.273 e. The van der Waals surface area contributed by atoms with E-state index in [1.807, 2.05) is 30.3 Å². The van der Waals surface area contributed by atoms with Gasteiger partial charge in [0.05, 0.1) is 0 Å². The summed E-state index contributed by atoms with van der Waals surface area (Å²) in [4.78, 5) is 11.5. The van der Waals surface area contributed by atoms with Crippen LogP contribution < -0.4 is 5.32 Å². The lowest BCUT2D eigenvalue weighted by molar-refractivity contribution is 0.0946. The van der Waals surface area contributed by atoms with Crippen LogP contribution >= 0.6 is 11.5 Å². The Morgan fingerprint density at radius 2 is 2.13 bits per heavy atom. The van der Waals surface area contributed by atoms with Gasteiger partial charge in [0.25, 0.3) is 5.91 Å². The van der Waals surface area contributed by atoms with Gasteiger partial charge in [0, 0.05) is 11.9 Å². The van der Waals surface area contributed by atoms with Crippen molar-refractivity contribution < 1.29 is 4.79 Å². The van der Waals surface area contributed by atoms with Crippen molar-refractivity contribution >= 4 is 17.4 Å². The highest BCUT2D eigenvalue weighted by atomic mass is 32.1. The first-order valence-corrected chi connectivity index (χ1v) is 5.29. The quantitative estimate of drug-likeness (QED) is 0.850. The van der Waals surface area contributed by atoms with Crippen molar-refractivity contribution in [1.29, 1.82) is 0 Å². The maximum absolute atomic E-state index is 11.5. The van der Waals surface area contributed by atoms with Gasteiger partial charge in [-0.05, 0) is 17.1 Å². The molecule has 5 heteroatoms. The highest BCUT2D eigenvalue weighted by Gasteiger charge is 2.07. The Kier molecular flexibility index (Phi) is 3.04. The van der Waals surface area contributed by atoms with E-state index in [2.05, 4.69) is 14.9 Å². The van der Waals surface area contributed by atoms with E-state index in [9.17, 15) is 4.79 Å². The first-order chi connectivity index (χ1) is 7.36. The lowest BCUT2D eigenvalue weighted by atomic mass is 10.2. The van der Waals surface area contributed by atoms with Crippen LogP contribution in [-0.4, -0.2) is 15.5 Å². The molecule has 1 amide bonds. The minimum absolute atomic E-state index is 0.187. The van der Waals surface area contributed by atoms with Crippen molar-refractivity contribution in [3.05, 3.63) is 47.0 Å². The highest BCUT2D eigenvalue weighted by molar-refractivity contribution is 7.03. The second-order valence-corrected chi connectivity index (χ2v) is 3.57. The zero-order valence-corrected chi connectivity index (χ0v) is 8.70. The summed E-state index contributed by atoms with van der Waals surface area (Å²) < 4.78 is 3.63. The number of nitrogens with one attached hydrogen (secondary N) is 1. The third kappa shape index (κ3) is 2.60. The number of hydrogen-bond acceptors (Lipinski definition) is 4. The van der Waals surface area contributed by atoms with Crippen LogP contribution in [0.25, 0.3) is 0 Å². The molecule has 1 aromatic heterocycles. The molecule has 0 unspecified atom stereocenters. The largest absolute Gasteiger partial charge is 0.347 e. The predicted molar refractivity (Wildman–Crippen MR) is 57.5 cm³/mol. The van der Waals surface area contributed by atoms with Gasteiger partial charge in [-0.3, -0.25) is 4.79 Å². The first-order valence-electron chi connectivity index (χ1n) is 4.45. The van der Waals surface area contributed by atoms with Crippen molar-refractivity contribution in [2.45, 2.75) is 6.54 Å². The van der Waals surface area contributed by atoms with E-state index in [0.717, 1.165) is 5.56 Å². The van der Waals surface area contributed by atoms with Crippen LogP contribution in [-0.2, 0) is 6.54 Å². The molecule has 76 valence electrons. The molecule has 0 aliphatic carbocycles. The van der Waals surface area contributed by atoms with E-state index in [4.69, 9.17) is 0 Å². The van der Waals surface area contributed by atoms with Crippen molar-refractivity contribution in [2.75, 3.05) is 0 Å². The molecule has 2 aromatic rings. The van der Waals surface area contributed by atoms with Gasteiger partial charge in [-0.25, -0.2) is 0 Å². The van der Waals surface area contributed by atoms with Gasteiger partial charge in [0.15, 0.2) is 5.69 Å². The minimum atomic E-state index is -0.187. The van der Waals surface area contributed by atoms with Gasteiger partial charge in [-0.1, -0.05) is 34.8 Å². The van der Waals surface area contributed by atoms with Crippen LogP contribution in [0, 0.1) is 0 Å². The molecule has 2 rings (SSSR count). The molecule has 0 aliphatic rings. The minimum Gasteiger partial charge on any atom is -0.347 e. The summed E-state index contributed by atoms with van der Waals surface area (Å²) in [6, 6.07) is 9.73. The zero-order valence-electron chi connectivity index (χ0n) is 7.88. The fourth-order valence-electron chi connectivity index (χ4n) is 1.13. The second-order valence-electron chi connectivity index (χ2n) is 2.96. The van der Waals surface area contributed by atoms with E-state index in [1.165, 1.54) is 11.5 Å². The molecular formula is C10H9N3OS. The van der Waals surface area contributed by atoms with Crippen molar-refractivity contribution in [2.24, 2.45) is 0 Å². The number of hydrogen-bond donors (Lipinski definition) is 1. The van der Waals surface area contributed by atoms with E-state index in [-0.39, 0.29) is 5.91 Å². The smallest absolute Gasteiger partial charge is 0.273 e. The molecule has 0 saturated heterocycles. The Balaban J connectivity index is 1.92. The molecule has 0 fully saturated rings. The molecule has 4 nitrogen and oxygen atoms in total. The highest BCUT2D eigenvalue weighted by Crippen LogP contribution is 2.00. The number of aromatic nitrogens is 2. The van der Waals surface area contributed by atoms with Gasteiger partial charge in [0.1, 0.15) is 0 Å². The summed E-state index contributed by atoms with van der Waals surface area (Å²) in [5.74, 6) is -0.187. The summed E-state index contributed by atoms with van der Waals surface area (Å²) >= 11 is 1.17. The number of amides is 1. The Bertz CT molecular complexity index is 427. The Morgan fingerprint density at radius 3 is 2.80 bits per heavy atom. The summed E-state index contributed by atoms with van der Waals surface area (Å²) in [7, 11) is 0. The summed E-state index contributed by atoms with van der Waals surface area (Å²) in [6.07, 6.45) is 0. The van der Waals surface area contributed by atoms with E-state index in [0.29, 0.717) is 12.2 Å². The third-order valence-electron chi connectivity index (χ3n) is 1.89. The van der Waals surface area contributed by atoms with Crippen LogP contribution in [0.4, 0.5) is 0 Å². The average molecular weight is 219 g/mol. The molecule has 0 spiro atoms. The van der Waals surface area contributed by atoms with Crippen molar-refractivity contribution in [1.82, 2.24) is 14.9 Å². The van der Waals surface area contributed by atoms with Crippen molar-refractivity contribution in [3.63, 3.8) is 0 Å². The fourth-order valence-corrected chi connectivity index (χ4v) is 1.57. The fraction of sp³-hybridized carbons (Fsp3) is 0.100. The molecule has 0 saturated carbocycles. The molecule has 15 heavy (non-hydrogen) atoms. The molecule has 0 aliphatic heterocycles. The summed E-state index contributed by atoms with van der Waals surface area (Å²) in [5, 5.41) is 8.08. The number of carbonyl (C=O) groups excluding carboxylic acids is 1. The predicted octanol–water partition coefficient (Wildman–Crippen LogP) is 1.47. The molecule has 0 atom stereocenters. The number of nitrogens with zero attached hydrogens (tertiary/aromatic N) is 2. The second kappa shape index (κ2) is 4.65. The Morgan fingerprint density at radius 1 is 1.33 bits per heavy atom. The van der Waals surface area contributed by atoms with Gasteiger partial charge in [0.2, 0.25) is 0 Å². The summed E-state index contributed by atoms with van der Waals surface area (Å²) in [6.45, 7) is 0.511. The maximum atomic E-state index is 11.5. The lowest BCUT2D eigenvalue weighted by Crippen LogP contribution is -2.23. The number of carbonyl (C=O) groups is 1. The molecule has 0 radical (unpaired) electrons. The van der Waals surface area contributed by atoms with E-state index < -0.39 is 0 Å². The zero-order chi connectivity index (χ0) is 10.5. The monoisotopic (exact) mass is 219 g/mol.